The van der Waals surface area contributed by atoms with Gasteiger partial charge in [-0.2, -0.15) is 0 Å². The number of rotatable bonds is 2. The van der Waals surface area contributed by atoms with Crippen LogP contribution in [-0.4, -0.2) is 17.1 Å². The van der Waals surface area contributed by atoms with Gasteiger partial charge in [0.15, 0.2) is 0 Å². The molecule has 0 saturated carbocycles. The van der Waals surface area contributed by atoms with Crippen LogP contribution >= 0.6 is 0 Å². The Balaban J connectivity index is 3.30. The zero-order valence-electron chi connectivity index (χ0n) is 6.71. The van der Waals surface area contributed by atoms with E-state index in [1.165, 1.54) is 19.2 Å². The van der Waals surface area contributed by atoms with E-state index >= 15 is 0 Å². The average Bonchev–Trinajstić information content (AvgIpc) is 2.05. The molecule has 12 heavy (non-hydrogen) atoms. The molecule has 0 heterocycles. The van der Waals surface area contributed by atoms with Crippen LogP contribution in [0, 0.1) is 5.82 Å². The number of hydrogen-bond donors (Lipinski definition) is 1. The van der Waals surface area contributed by atoms with Gasteiger partial charge < -0.3 is 0 Å². The zero-order chi connectivity index (χ0) is 9.19. The quantitative estimate of drug-likeness (QED) is 0.688. The summed E-state index contributed by atoms with van der Waals surface area (Å²) < 4.78 is 27.0. The van der Waals surface area contributed by atoms with E-state index in [1.54, 1.807) is 12.1 Å². The van der Waals surface area contributed by atoms with Gasteiger partial charge in [0.25, 0.3) is 0 Å². The first-order chi connectivity index (χ1) is 5.58. The van der Waals surface area contributed by atoms with Crippen molar-refractivity contribution in [3.63, 3.8) is 0 Å². The molecule has 66 valence electrons. The van der Waals surface area contributed by atoms with Crippen LogP contribution in [0.5, 0.6) is 0 Å². The summed E-state index contributed by atoms with van der Waals surface area (Å²) in [6, 6.07) is 5.89. The number of benzene rings is 1. The molecule has 1 aromatic rings. The molecule has 0 radical (unpaired) electrons. The van der Waals surface area contributed by atoms with Gasteiger partial charge in [-0.05, 0) is 25.1 Å². The van der Waals surface area contributed by atoms with Crippen LogP contribution < -0.4 is 4.72 Å². The van der Waals surface area contributed by atoms with Crippen molar-refractivity contribution in [3.05, 3.63) is 30.1 Å². The van der Waals surface area contributed by atoms with E-state index in [0.717, 1.165) is 0 Å². The molecule has 2 nitrogen and oxygen atoms in total. The molecule has 1 N–H and O–H groups in total. The molecule has 4 heteroatoms. The fourth-order valence-electron chi connectivity index (χ4n) is 0.822. The highest BCUT2D eigenvalue weighted by atomic mass is 32.2. The van der Waals surface area contributed by atoms with Gasteiger partial charge in [-0.25, -0.2) is 13.3 Å². The first-order valence-corrected chi connectivity index (χ1v) is 5.11. The Morgan fingerprint density at radius 3 is 2.58 bits per heavy atom. The summed E-state index contributed by atoms with van der Waals surface area (Å²) in [5.41, 5.74) is 0. The molecule has 0 aromatic heterocycles. The number of halogens is 1. The van der Waals surface area contributed by atoms with E-state index in [0.29, 0.717) is 0 Å². The highest BCUT2D eigenvalue weighted by Gasteiger charge is 2.08. The lowest BCUT2D eigenvalue weighted by Crippen LogP contribution is -2.19. The van der Waals surface area contributed by atoms with Crippen molar-refractivity contribution >= 4 is 15.6 Å². The Bertz CT molecular complexity index is 372. The third-order valence-electron chi connectivity index (χ3n) is 1.52. The smallest absolute Gasteiger partial charge is 0.140 e. The van der Waals surface area contributed by atoms with Crippen molar-refractivity contribution < 1.29 is 8.60 Å². The van der Waals surface area contributed by atoms with Crippen molar-refractivity contribution in [3.8, 4) is 0 Å². The average molecular weight is 187 g/mol. The summed E-state index contributed by atoms with van der Waals surface area (Å²) in [7, 11) is -1.17. The maximum atomic E-state index is 13.0. The second-order valence-corrected chi connectivity index (χ2v) is 4.51. The minimum absolute atomic E-state index is 0.118. The highest BCUT2D eigenvalue weighted by molar-refractivity contribution is 7.98. The molecule has 0 aliphatic carbocycles. The maximum Gasteiger partial charge on any atom is 0.140 e. The fourth-order valence-corrected chi connectivity index (χ4v) is 1.72. The van der Waals surface area contributed by atoms with Crippen molar-refractivity contribution in [2.45, 2.75) is 4.90 Å². The summed E-state index contributed by atoms with van der Waals surface area (Å²) in [5, 5.41) is 0. The molecule has 0 amide bonds. The minimum atomic E-state index is -2.65. The molecule has 1 rings (SSSR count). The molecular formula is C8H10FNOS. The number of hydrogen-bond acceptors (Lipinski definition) is 1. The predicted octanol–water partition coefficient (Wildman–Crippen LogP) is 1.04. The van der Waals surface area contributed by atoms with Crippen LogP contribution in [0.25, 0.3) is 0 Å². The fraction of sp³-hybridized carbons (Fsp3) is 0.125. The summed E-state index contributed by atoms with van der Waals surface area (Å²) in [5.74, 6) is 2.90. The normalized spacial score (nSPS) is 15.5. The Hall–Kier alpha value is -0.870. The Labute approximate surface area is 71.6 Å². The molecular weight excluding hydrogens is 177 g/mol. The van der Waals surface area contributed by atoms with E-state index in [1.807, 2.05) is 0 Å². The van der Waals surface area contributed by atoms with Crippen LogP contribution in [0.2, 0.25) is 0 Å². The van der Waals surface area contributed by atoms with Gasteiger partial charge in [-0.1, -0.05) is 12.1 Å². The van der Waals surface area contributed by atoms with Gasteiger partial charge in [0.2, 0.25) is 0 Å². The van der Waals surface area contributed by atoms with Crippen LogP contribution in [0.15, 0.2) is 29.2 Å². The second-order valence-electron chi connectivity index (χ2n) is 2.31. The van der Waals surface area contributed by atoms with E-state index in [9.17, 15) is 8.60 Å². The van der Waals surface area contributed by atoms with E-state index < -0.39 is 15.5 Å². The van der Waals surface area contributed by atoms with E-state index in [-0.39, 0.29) is 4.90 Å². The largest absolute Gasteiger partial charge is 0.248 e. The molecule has 0 fully saturated rings. The van der Waals surface area contributed by atoms with Gasteiger partial charge in [-0.15, -0.1) is 0 Å². The van der Waals surface area contributed by atoms with Crippen molar-refractivity contribution in [1.29, 1.82) is 0 Å². The first kappa shape index (κ1) is 9.22. The molecule has 0 aliphatic heterocycles. The van der Waals surface area contributed by atoms with Crippen LogP contribution in [-0.2, 0) is 9.71 Å². The maximum absolute atomic E-state index is 13.0. The monoisotopic (exact) mass is 187 g/mol. The van der Waals surface area contributed by atoms with Gasteiger partial charge in [0.1, 0.15) is 5.82 Å². The Morgan fingerprint density at radius 2 is 2.08 bits per heavy atom. The third kappa shape index (κ3) is 1.65. The van der Waals surface area contributed by atoms with Crippen LogP contribution in [0.1, 0.15) is 0 Å². The van der Waals surface area contributed by atoms with Crippen LogP contribution in [0.4, 0.5) is 4.39 Å². The highest BCUT2D eigenvalue weighted by Crippen LogP contribution is 2.11. The standard InChI is InChI=1S/C8H10FNOS/c1-10-12(2,11)8-6-4-3-5-7(8)9/h3-6H,2H2,1H3,(H,10,11). The van der Waals surface area contributed by atoms with E-state index in [4.69, 9.17) is 0 Å². The van der Waals surface area contributed by atoms with Gasteiger partial charge in [-0.3, -0.25) is 0 Å². The molecule has 1 atom stereocenters. The van der Waals surface area contributed by atoms with Crippen molar-refractivity contribution in [2.24, 2.45) is 0 Å². The lowest BCUT2D eigenvalue weighted by atomic mass is 10.4. The zero-order valence-corrected chi connectivity index (χ0v) is 7.53. The second kappa shape index (κ2) is 3.25. The lowest BCUT2D eigenvalue weighted by Gasteiger charge is -2.07. The number of nitrogens with one attached hydrogen (secondary N) is 1. The lowest BCUT2D eigenvalue weighted by molar-refractivity contribution is 0.593. The van der Waals surface area contributed by atoms with Crippen molar-refractivity contribution in [2.75, 3.05) is 7.05 Å². The summed E-state index contributed by atoms with van der Waals surface area (Å²) in [4.78, 5) is 0.118. The Morgan fingerprint density at radius 1 is 1.50 bits per heavy atom. The topological polar surface area (TPSA) is 29.1 Å². The Kier molecular flexibility index (Phi) is 2.49. The molecule has 0 bridgehead atoms. The molecule has 1 unspecified atom stereocenters. The van der Waals surface area contributed by atoms with Gasteiger partial charge >= 0.3 is 0 Å². The summed E-state index contributed by atoms with van der Waals surface area (Å²) in [6.07, 6.45) is 0. The van der Waals surface area contributed by atoms with Crippen molar-refractivity contribution in [1.82, 2.24) is 4.72 Å². The molecule has 0 saturated heterocycles. The summed E-state index contributed by atoms with van der Waals surface area (Å²) in [6.45, 7) is 0. The third-order valence-corrected chi connectivity index (χ3v) is 3.22. The summed E-state index contributed by atoms with van der Waals surface area (Å²) >= 11 is 0. The SMILES string of the molecule is C=S(=O)(NC)c1ccccc1F. The van der Waals surface area contributed by atoms with Gasteiger partial charge in [0.05, 0.1) is 14.6 Å². The molecule has 1 aromatic carbocycles. The van der Waals surface area contributed by atoms with Gasteiger partial charge in [0, 0.05) is 0 Å². The van der Waals surface area contributed by atoms with Crippen LogP contribution in [0.3, 0.4) is 0 Å². The molecule has 0 spiro atoms. The van der Waals surface area contributed by atoms with E-state index in [2.05, 4.69) is 10.6 Å². The minimum Gasteiger partial charge on any atom is -0.248 e. The predicted molar refractivity (Wildman–Crippen MR) is 49.0 cm³/mol. The molecule has 0 aliphatic rings. The first-order valence-electron chi connectivity index (χ1n) is 3.38.